The molecule has 1 heterocycles. The lowest BCUT2D eigenvalue weighted by Crippen LogP contribution is -2.37. The molecule has 2 N–H and O–H groups in total. The molecule has 31 heavy (non-hydrogen) atoms. The Hall–Kier alpha value is -2.47. The first-order valence-electron chi connectivity index (χ1n) is 10.9. The van der Waals surface area contributed by atoms with Gasteiger partial charge in [0.2, 0.25) is 5.91 Å². The number of hydrogen-bond donors (Lipinski definition) is 2. The van der Waals surface area contributed by atoms with Crippen LogP contribution in [0.3, 0.4) is 0 Å². The monoisotopic (exact) mass is 438 g/mol. The largest absolute Gasteiger partial charge is 0.481 e. The zero-order chi connectivity index (χ0) is 22.5. The van der Waals surface area contributed by atoms with Crippen LogP contribution in [0.2, 0.25) is 0 Å². The Bertz CT molecular complexity index is 1040. The fourth-order valence-corrected chi connectivity index (χ4v) is 6.12. The molecule has 0 aliphatic heterocycles. The second-order valence-electron chi connectivity index (χ2n) is 9.99. The number of anilines is 1. The third-order valence-electron chi connectivity index (χ3n) is 6.79. The maximum Gasteiger partial charge on any atom is 0.307 e. The third-order valence-corrected chi connectivity index (χ3v) is 7.55. The number of nitrogens with zero attached hydrogens (tertiary/aromatic N) is 1. The van der Waals surface area contributed by atoms with Gasteiger partial charge in [-0.3, -0.25) is 9.59 Å². The van der Waals surface area contributed by atoms with Crippen molar-refractivity contribution in [3.63, 3.8) is 0 Å². The van der Waals surface area contributed by atoms with E-state index in [-0.39, 0.29) is 23.2 Å². The highest BCUT2D eigenvalue weighted by atomic mass is 32.1. The molecule has 0 spiro atoms. The van der Waals surface area contributed by atoms with Crippen molar-refractivity contribution >= 4 is 28.3 Å². The summed E-state index contributed by atoms with van der Waals surface area (Å²) >= 11 is 1.38. The number of amides is 1. The van der Waals surface area contributed by atoms with Crippen LogP contribution in [0, 0.1) is 23.7 Å². The average Bonchev–Trinajstić information content (AvgIpc) is 3.40. The molecule has 164 valence electrons. The second-order valence-corrected chi connectivity index (χ2v) is 10.8. The molecule has 2 aliphatic carbocycles. The summed E-state index contributed by atoms with van der Waals surface area (Å²) in [7, 11) is 0. The van der Waals surface area contributed by atoms with Gasteiger partial charge in [-0.1, -0.05) is 56.2 Å². The van der Waals surface area contributed by atoms with Gasteiger partial charge in [-0.05, 0) is 49.5 Å². The van der Waals surface area contributed by atoms with Gasteiger partial charge in [0.15, 0.2) is 5.13 Å². The molecule has 2 fully saturated rings. The molecule has 5 nitrogen and oxygen atoms in total. The van der Waals surface area contributed by atoms with Gasteiger partial charge >= 0.3 is 5.97 Å². The summed E-state index contributed by atoms with van der Waals surface area (Å²) < 4.78 is 0. The van der Waals surface area contributed by atoms with Crippen molar-refractivity contribution in [1.29, 1.82) is 0 Å². The Morgan fingerprint density at radius 1 is 1.06 bits per heavy atom. The smallest absolute Gasteiger partial charge is 0.307 e. The van der Waals surface area contributed by atoms with Crippen molar-refractivity contribution in [1.82, 2.24) is 4.98 Å². The molecule has 2 bridgehead atoms. The van der Waals surface area contributed by atoms with E-state index in [0.29, 0.717) is 5.13 Å². The predicted molar refractivity (Wildman–Crippen MR) is 124 cm³/mol. The van der Waals surface area contributed by atoms with Crippen LogP contribution < -0.4 is 5.32 Å². The number of fused-ring (bicyclic) bond motifs is 2. The number of aromatic nitrogens is 1. The number of nitrogens with one attached hydrogen (secondary N) is 1. The van der Waals surface area contributed by atoms with Crippen LogP contribution in [-0.2, 0) is 15.0 Å². The van der Waals surface area contributed by atoms with E-state index < -0.39 is 17.8 Å². The number of allylic oxidation sites excluding steroid dienone is 2. The highest BCUT2D eigenvalue weighted by Gasteiger charge is 2.57. The molecule has 0 unspecified atom stereocenters. The van der Waals surface area contributed by atoms with Crippen LogP contribution in [0.1, 0.15) is 53.0 Å². The fourth-order valence-electron chi connectivity index (χ4n) is 5.40. The second kappa shape index (κ2) is 7.90. The van der Waals surface area contributed by atoms with E-state index in [1.807, 2.05) is 19.2 Å². The van der Waals surface area contributed by atoms with E-state index in [4.69, 9.17) is 0 Å². The molecule has 4 rings (SSSR count). The molecule has 4 atom stereocenters. The van der Waals surface area contributed by atoms with Gasteiger partial charge in [-0.2, -0.15) is 0 Å². The van der Waals surface area contributed by atoms with Gasteiger partial charge in [-0.25, -0.2) is 4.98 Å². The van der Waals surface area contributed by atoms with Crippen molar-refractivity contribution in [2.75, 3.05) is 5.32 Å². The Morgan fingerprint density at radius 3 is 2.23 bits per heavy atom. The van der Waals surface area contributed by atoms with Gasteiger partial charge in [-0.15, -0.1) is 11.3 Å². The normalized spacial score (nSPS) is 25.0. The van der Waals surface area contributed by atoms with Crippen LogP contribution in [0.5, 0.6) is 0 Å². The summed E-state index contributed by atoms with van der Waals surface area (Å²) in [5.41, 5.74) is 5.50. The number of aliphatic carboxylic acids is 1. The molecule has 1 aromatic carbocycles. The van der Waals surface area contributed by atoms with E-state index in [1.165, 1.54) is 22.5 Å². The zero-order valence-electron chi connectivity index (χ0n) is 18.7. The molecule has 1 aromatic heterocycles. The maximum atomic E-state index is 13.2. The van der Waals surface area contributed by atoms with Crippen LogP contribution in [-0.4, -0.2) is 22.0 Å². The highest BCUT2D eigenvalue weighted by molar-refractivity contribution is 7.14. The number of carbonyl (C=O) groups is 2. The van der Waals surface area contributed by atoms with Gasteiger partial charge in [0.1, 0.15) is 0 Å². The topological polar surface area (TPSA) is 79.3 Å². The number of carboxylic acids is 1. The Balaban J connectivity index is 1.53. The number of benzene rings is 1. The molecular formula is C25H30N2O3S. The third kappa shape index (κ3) is 3.93. The molecule has 2 saturated carbocycles. The number of rotatable bonds is 4. The van der Waals surface area contributed by atoms with E-state index in [1.54, 1.807) is 0 Å². The highest BCUT2D eigenvalue weighted by Crippen LogP contribution is 2.57. The van der Waals surface area contributed by atoms with Crippen LogP contribution in [0.15, 0.2) is 40.8 Å². The number of thiazole rings is 1. The lowest BCUT2D eigenvalue weighted by molar-refractivity contribution is -0.148. The van der Waals surface area contributed by atoms with Crippen molar-refractivity contribution in [2.45, 2.75) is 52.9 Å². The van der Waals surface area contributed by atoms with E-state index in [0.717, 1.165) is 29.7 Å². The fraction of sp³-hybridized carbons (Fsp3) is 0.480. The van der Waals surface area contributed by atoms with Gasteiger partial charge in [0, 0.05) is 10.9 Å². The van der Waals surface area contributed by atoms with Crippen molar-refractivity contribution in [3.05, 3.63) is 46.4 Å². The molecular weight excluding hydrogens is 408 g/mol. The zero-order valence-corrected chi connectivity index (χ0v) is 19.5. The quantitative estimate of drug-likeness (QED) is 0.597. The molecule has 0 saturated heterocycles. The number of hydrogen-bond acceptors (Lipinski definition) is 4. The van der Waals surface area contributed by atoms with Crippen LogP contribution in [0.25, 0.3) is 11.3 Å². The summed E-state index contributed by atoms with van der Waals surface area (Å²) in [6.45, 7) is 10.6. The van der Waals surface area contributed by atoms with Crippen molar-refractivity contribution in [2.24, 2.45) is 23.7 Å². The van der Waals surface area contributed by atoms with Crippen LogP contribution >= 0.6 is 11.3 Å². The van der Waals surface area contributed by atoms with E-state index in [2.05, 4.69) is 55.3 Å². The maximum absolute atomic E-state index is 13.2. The lowest BCUT2D eigenvalue weighted by atomic mass is 9.79. The standard InChI is InChI=1S/C25H30N2O3S/c1-13(2)19-16-10-11-17(19)21(23(29)30)20(16)22(28)27-24-26-18(12-31-24)14-6-8-15(9-7-14)25(3,4)5/h6-9,12,16-17,20-21H,10-11H2,1-5H3,(H,29,30)(H,26,27,28)/t16-,17-,20-,21+/m1/s1. The molecule has 2 aromatic rings. The number of carboxylic acid groups (broad SMARTS) is 1. The number of carbonyl (C=O) groups excluding carboxylic acids is 1. The van der Waals surface area contributed by atoms with Crippen molar-refractivity contribution < 1.29 is 14.7 Å². The average molecular weight is 439 g/mol. The molecule has 0 radical (unpaired) electrons. The summed E-state index contributed by atoms with van der Waals surface area (Å²) in [5.74, 6) is -2.25. The Kier molecular flexibility index (Phi) is 5.54. The predicted octanol–water partition coefficient (Wildman–Crippen LogP) is 5.74. The molecule has 2 aliphatic rings. The lowest BCUT2D eigenvalue weighted by Gasteiger charge is -2.25. The molecule has 6 heteroatoms. The minimum Gasteiger partial charge on any atom is -0.481 e. The first kappa shape index (κ1) is 21.8. The van der Waals surface area contributed by atoms with Gasteiger partial charge < -0.3 is 10.4 Å². The minimum absolute atomic E-state index is 0.0172. The minimum atomic E-state index is -0.870. The van der Waals surface area contributed by atoms with E-state index in [9.17, 15) is 14.7 Å². The van der Waals surface area contributed by atoms with Crippen molar-refractivity contribution in [3.8, 4) is 11.3 Å². The van der Waals surface area contributed by atoms with Gasteiger partial charge in [0.25, 0.3) is 0 Å². The first-order chi connectivity index (χ1) is 14.6. The Labute approximate surface area is 187 Å². The van der Waals surface area contributed by atoms with Gasteiger partial charge in [0.05, 0.1) is 17.5 Å². The summed E-state index contributed by atoms with van der Waals surface area (Å²) in [5, 5.41) is 15.2. The summed E-state index contributed by atoms with van der Waals surface area (Å²) in [6.07, 6.45) is 1.74. The SMILES string of the molecule is CC(C)=C1[C@H]2CC[C@H]1[C@@H](C(=O)Nc1nc(-c3ccc(C(C)(C)C)cc3)cs1)[C@H]2C(=O)O. The van der Waals surface area contributed by atoms with Crippen LogP contribution in [0.4, 0.5) is 5.13 Å². The Morgan fingerprint density at radius 2 is 1.68 bits per heavy atom. The summed E-state index contributed by atoms with van der Waals surface area (Å²) in [6, 6.07) is 8.33. The van der Waals surface area contributed by atoms with E-state index >= 15 is 0 Å². The first-order valence-corrected chi connectivity index (χ1v) is 11.7. The molecule has 1 amide bonds. The summed E-state index contributed by atoms with van der Waals surface area (Å²) in [4.78, 5) is 29.8.